The van der Waals surface area contributed by atoms with E-state index in [1.807, 2.05) is 6.07 Å². The maximum Gasteiger partial charge on any atom is 0.125 e. The SMILES string of the molecule is CC(C)(C)c1ccc2[nH]c3cc(F)ccc3c2c1. The van der Waals surface area contributed by atoms with Crippen molar-refractivity contribution >= 4 is 21.8 Å². The van der Waals surface area contributed by atoms with Crippen LogP contribution in [0.5, 0.6) is 0 Å². The van der Waals surface area contributed by atoms with E-state index in [1.165, 1.54) is 11.6 Å². The van der Waals surface area contributed by atoms with Crippen LogP contribution in [0.3, 0.4) is 0 Å². The molecule has 1 aromatic heterocycles. The molecule has 1 nitrogen and oxygen atoms in total. The van der Waals surface area contributed by atoms with E-state index in [9.17, 15) is 4.39 Å². The molecule has 0 aliphatic rings. The molecule has 1 heterocycles. The maximum absolute atomic E-state index is 13.2. The molecule has 0 saturated carbocycles. The van der Waals surface area contributed by atoms with Crippen LogP contribution in [0.4, 0.5) is 4.39 Å². The van der Waals surface area contributed by atoms with Crippen LogP contribution in [0, 0.1) is 5.82 Å². The Bertz CT molecular complexity index is 732. The van der Waals surface area contributed by atoms with Crippen molar-refractivity contribution in [1.29, 1.82) is 0 Å². The number of hydrogen-bond donors (Lipinski definition) is 1. The van der Waals surface area contributed by atoms with Gasteiger partial charge in [-0.15, -0.1) is 0 Å². The summed E-state index contributed by atoms with van der Waals surface area (Å²) in [5.74, 6) is -0.204. The standard InChI is InChI=1S/C16H16FN/c1-16(2,3)10-4-7-14-13(8-10)12-6-5-11(17)9-15(12)18-14/h4-9,18H,1-3H3. The van der Waals surface area contributed by atoms with Gasteiger partial charge in [0.05, 0.1) is 0 Å². The Kier molecular flexibility index (Phi) is 2.24. The highest BCUT2D eigenvalue weighted by atomic mass is 19.1. The van der Waals surface area contributed by atoms with Crippen LogP contribution in [0.2, 0.25) is 0 Å². The summed E-state index contributed by atoms with van der Waals surface area (Å²) >= 11 is 0. The third-order valence-electron chi connectivity index (χ3n) is 3.43. The molecule has 0 bridgehead atoms. The quantitative estimate of drug-likeness (QED) is 0.584. The second kappa shape index (κ2) is 3.58. The van der Waals surface area contributed by atoms with Crippen molar-refractivity contribution in [2.24, 2.45) is 0 Å². The number of H-pyrrole nitrogens is 1. The fourth-order valence-corrected chi connectivity index (χ4v) is 2.34. The van der Waals surface area contributed by atoms with E-state index >= 15 is 0 Å². The monoisotopic (exact) mass is 241 g/mol. The summed E-state index contributed by atoms with van der Waals surface area (Å²) in [4.78, 5) is 3.26. The number of nitrogens with one attached hydrogen (secondary N) is 1. The van der Waals surface area contributed by atoms with Crippen LogP contribution in [0.15, 0.2) is 36.4 Å². The molecule has 1 N–H and O–H groups in total. The Morgan fingerprint density at radius 3 is 2.39 bits per heavy atom. The highest BCUT2D eigenvalue weighted by molar-refractivity contribution is 6.07. The summed E-state index contributed by atoms with van der Waals surface area (Å²) in [5.41, 5.74) is 3.33. The van der Waals surface area contributed by atoms with Gasteiger partial charge in [0.25, 0.3) is 0 Å². The summed E-state index contributed by atoms with van der Waals surface area (Å²) in [6, 6.07) is 11.3. The molecule has 2 aromatic carbocycles. The van der Waals surface area contributed by atoms with E-state index in [0.717, 1.165) is 21.8 Å². The highest BCUT2D eigenvalue weighted by Crippen LogP contribution is 2.30. The van der Waals surface area contributed by atoms with E-state index in [1.54, 1.807) is 6.07 Å². The summed E-state index contributed by atoms with van der Waals surface area (Å²) in [7, 11) is 0. The first-order valence-corrected chi connectivity index (χ1v) is 6.17. The zero-order valence-electron chi connectivity index (χ0n) is 10.8. The zero-order valence-corrected chi connectivity index (χ0v) is 10.8. The Hall–Kier alpha value is -1.83. The topological polar surface area (TPSA) is 15.8 Å². The molecule has 2 heteroatoms. The molecule has 0 amide bonds. The number of fused-ring (bicyclic) bond motifs is 3. The molecule has 0 fully saturated rings. The molecular weight excluding hydrogens is 225 g/mol. The fraction of sp³-hybridized carbons (Fsp3) is 0.250. The minimum atomic E-state index is -0.204. The number of benzene rings is 2. The van der Waals surface area contributed by atoms with Crippen molar-refractivity contribution in [2.45, 2.75) is 26.2 Å². The van der Waals surface area contributed by atoms with Gasteiger partial charge in [-0.3, -0.25) is 0 Å². The molecule has 0 spiro atoms. The molecule has 0 unspecified atom stereocenters. The normalized spacial score (nSPS) is 12.4. The van der Waals surface area contributed by atoms with Gasteiger partial charge < -0.3 is 4.98 Å². The van der Waals surface area contributed by atoms with Crippen molar-refractivity contribution < 1.29 is 4.39 Å². The molecule has 18 heavy (non-hydrogen) atoms. The van der Waals surface area contributed by atoms with Crippen LogP contribution >= 0.6 is 0 Å². The van der Waals surface area contributed by atoms with Gasteiger partial charge in [0, 0.05) is 21.8 Å². The number of aromatic nitrogens is 1. The Morgan fingerprint density at radius 1 is 0.889 bits per heavy atom. The lowest BCUT2D eigenvalue weighted by Gasteiger charge is -2.18. The first-order chi connectivity index (χ1) is 8.45. The Morgan fingerprint density at radius 2 is 1.67 bits per heavy atom. The molecular formula is C16H16FN. The predicted molar refractivity (Wildman–Crippen MR) is 74.5 cm³/mol. The van der Waals surface area contributed by atoms with Gasteiger partial charge in [-0.05, 0) is 41.3 Å². The number of rotatable bonds is 0. The summed E-state index contributed by atoms with van der Waals surface area (Å²) in [6.07, 6.45) is 0. The zero-order chi connectivity index (χ0) is 12.9. The van der Waals surface area contributed by atoms with Crippen molar-refractivity contribution in [1.82, 2.24) is 4.98 Å². The van der Waals surface area contributed by atoms with Gasteiger partial charge in [-0.25, -0.2) is 4.39 Å². The van der Waals surface area contributed by atoms with Crippen molar-refractivity contribution in [3.8, 4) is 0 Å². The third-order valence-corrected chi connectivity index (χ3v) is 3.43. The number of hydrogen-bond acceptors (Lipinski definition) is 0. The lowest BCUT2D eigenvalue weighted by atomic mass is 9.86. The Balaban J connectivity index is 2.36. The minimum absolute atomic E-state index is 0.123. The van der Waals surface area contributed by atoms with Crippen molar-refractivity contribution in [3.05, 3.63) is 47.8 Å². The summed E-state index contributed by atoms with van der Waals surface area (Å²) in [6.45, 7) is 6.59. The number of aromatic amines is 1. The lowest BCUT2D eigenvalue weighted by Crippen LogP contribution is -2.10. The van der Waals surface area contributed by atoms with Crippen molar-refractivity contribution in [2.75, 3.05) is 0 Å². The van der Waals surface area contributed by atoms with Gasteiger partial charge in [-0.2, -0.15) is 0 Å². The molecule has 0 radical (unpaired) electrons. The second-order valence-electron chi connectivity index (χ2n) is 5.83. The van der Waals surface area contributed by atoms with Crippen LogP contribution < -0.4 is 0 Å². The maximum atomic E-state index is 13.2. The van der Waals surface area contributed by atoms with E-state index in [0.29, 0.717) is 0 Å². The van der Waals surface area contributed by atoms with Crippen LogP contribution in [0.25, 0.3) is 21.8 Å². The van der Waals surface area contributed by atoms with E-state index in [2.05, 4.69) is 44.0 Å². The second-order valence-corrected chi connectivity index (χ2v) is 5.83. The third kappa shape index (κ3) is 1.69. The molecule has 3 aromatic rings. The van der Waals surface area contributed by atoms with Crippen LogP contribution in [-0.4, -0.2) is 4.98 Å². The predicted octanol–water partition coefficient (Wildman–Crippen LogP) is 4.76. The van der Waals surface area contributed by atoms with Gasteiger partial charge >= 0.3 is 0 Å². The van der Waals surface area contributed by atoms with Crippen molar-refractivity contribution in [3.63, 3.8) is 0 Å². The largest absolute Gasteiger partial charge is 0.354 e. The average Bonchev–Trinajstić information content (AvgIpc) is 2.63. The summed E-state index contributed by atoms with van der Waals surface area (Å²) in [5, 5.41) is 2.25. The van der Waals surface area contributed by atoms with E-state index in [4.69, 9.17) is 0 Å². The molecule has 3 rings (SSSR count). The van der Waals surface area contributed by atoms with Gasteiger partial charge in [0.2, 0.25) is 0 Å². The van der Waals surface area contributed by atoms with Crippen LogP contribution in [0.1, 0.15) is 26.3 Å². The fourth-order valence-electron chi connectivity index (χ4n) is 2.34. The first-order valence-electron chi connectivity index (χ1n) is 6.17. The van der Waals surface area contributed by atoms with E-state index < -0.39 is 0 Å². The molecule has 0 saturated heterocycles. The minimum Gasteiger partial charge on any atom is -0.354 e. The molecule has 92 valence electrons. The molecule has 0 atom stereocenters. The summed E-state index contributed by atoms with van der Waals surface area (Å²) < 4.78 is 13.2. The molecule has 0 aliphatic carbocycles. The first kappa shape index (κ1) is 11.3. The average molecular weight is 241 g/mol. The van der Waals surface area contributed by atoms with Gasteiger partial charge in [0.1, 0.15) is 5.82 Å². The van der Waals surface area contributed by atoms with E-state index in [-0.39, 0.29) is 11.2 Å². The van der Waals surface area contributed by atoms with Gasteiger partial charge in [0.15, 0.2) is 0 Å². The molecule has 0 aliphatic heterocycles. The van der Waals surface area contributed by atoms with Gasteiger partial charge in [-0.1, -0.05) is 26.8 Å². The highest BCUT2D eigenvalue weighted by Gasteiger charge is 2.15. The lowest BCUT2D eigenvalue weighted by molar-refractivity contribution is 0.591. The Labute approximate surface area is 106 Å². The number of halogens is 1. The smallest absolute Gasteiger partial charge is 0.125 e. The van der Waals surface area contributed by atoms with Crippen LogP contribution in [-0.2, 0) is 5.41 Å².